The van der Waals surface area contributed by atoms with Gasteiger partial charge in [-0.05, 0) is 137 Å². The van der Waals surface area contributed by atoms with Gasteiger partial charge in [0.2, 0.25) is 0 Å². The van der Waals surface area contributed by atoms with Crippen molar-refractivity contribution in [1.82, 2.24) is 10.2 Å². The van der Waals surface area contributed by atoms with Crippen molar-refractivity contribution < 1.29 is 34.2 Å². The van der Waals surface area contributed by atoms with Crippen LogP contribution in [0.4, 0.5) is 0 Å². The quantitative estimate of drug-likeness (QED) is 0.119. The van der Waals surface area contributed by atoms with Crippen LogP contribution < -0.4 is 5.32 Å². The highest BCUT2D eigenvalue weighted by Gasteiger charge is 2.55. The summed E-state index contributed by atoms with van der Waals surface area (Å²) in [6.45, 7) is 43.0. The molecule has 2 fully saturated rings. The van der Waals surface area contributed by atoms with Crippen molar-refractivity contribution in [3.05, 3.63) is 67.8 Å². The second-order valence-electron chi connectivity index (χ2n) is 26.3. The number of rotatable bonds is 10. The second-order valence-corrected chi connectivity index (χ2v) is 26.3. The molecule has 2 heterocycles. The Hall–Kier alpha value is -3.70. The van der Waals surface area contributed by atoms with Crippen LogP contribution in [0.15, 0.2) is 24.3 Å². The highest BCUT2D eigenvalue weighted by atomic mass is 16.6. The second kappa shape index (κ2) is 17.7. The molecule has 2 saturated heterocycles. The van der Waals surface area contributed by atoms with E-state index in [-0.39, 0.29) is 56.1 Å². The Labute approximate surface area is 392 Å². The van der Waals surface area contributed by atoms with Gasteiger partial charge in [0, 0.05) is 51.8 Å². The topological polar surface area (TPSA) is 151 Å². The summed E-state index contributed by atoms with van der Waals surface area (Å²) in [5.41, 5.74) is 1.71. The third kappa shape index (κ3) is 11.7. The number of ether oxygens (including phenoxy) is 2. The van der Waals surface area contributed by atoms with E-state index in [9.17, 15) is 29.9 Å². The summed E-state index contributed by atoms with van der Waals surface area (Å²) in [4.78, 5) is 43.2. The molecule has 0 radical (unpaired) electrons. The van der Waals surface area contributed by atoms with Gasteiger partial charge in [-0.25, -0.2) is 4.79 Å². The standard InChI is InChI=1S/C54H87N3O8/c1-31(41(57(62)63)46(61)64-34-29-51(14,15)56(22)52(16,17)30-34)45(60)65-44-39(27-32-23-35(47(2,3)4)42(58)36(24-32)48(5,6)7)53(18,19)55-54(20,21)40(44)28-33-25-37(49(8,9)10)43(59)38(26-33)50(11,12)13/h23-26,31,34,39-41,44,55,58-59H,27-30H2,1-22H3. The summed E-state index contributed by atoms with van der Waals surface area (Å²) < 4.78 is 12.8. The van der Waals surface area contributed by atoms with Gasteiger partial charge in [-0.15, -0.1) is 0 Å². The van der Waals surface area contributed by atoms with Crippen LogP contribution >= 0.6 is 0 Å². The van der Waals surface area contributed by atoms with Gasteiger partial charge in [0.15, 0.2) is 0 Å². The first-order valence-electron chi connectivity index (χ1n) is 23.8. The molecule has 0 amide bonds. The summed E-state index contributed by atoms with van der Waals surface area (Å²) in [5.74, 6) is -3.56. The largest absolute Gasteiger partial charge is 0.507 e. The Morgan fingerprint density at radius 1 is 0.677 bits per heavy atom. The molecule has 0 spiro atoms. The fraction of sp³-hybridized carbons (Fsp3) is 0.741. The maximum absolute atomic E-state index is 14.8. The lowest BCUT2D eigenvalue weighted by molar-refractivity contribution is -0.517. The number of phenols is 2. The van der Waals surface area contributed by atoms with E-state index in [0.717, 1.165) is 33.4 Å². The predicted octanol–water partition coefficient (Wildman–Crippen LogP) is 10.9. The minimum absolute atomic E-state index is 0.271. The maximum Gasteiger partial charge on any atom is 0.382 e. The van der Waals surface area contributed by atoms with Gasteiger partial charge in [-0.1, -0.05) is 107 Å². The van der Waals surface area contributed by atoms with E-state index in [1.807, 2.05) is 7.05 Å². The van der Waals surface area contributed by atoms with E-state index in [0.29, 0.717) is 25.7 Å². The Morgan fingerprint density at radius 3 is 1.29 bits per heavy atom. The number of piperidine rings is 2. The van der Waals surface area contributed by atoms with E-state index in [4.69, 9.17) is 9.47 Å². The van der Waals surface area contributed by atoms with Crippen molar-refractivity contribution in [2.24, 2.45) is 17.8 Å². The lowest BCUT2D eigenvalue weighted by Crippen LogP contribution is -2.70. The number of hydrogen-bond acceptors (Lipinski definition) is 10. The monoisotopic (exact) mass is 906 g/mol. The number of esters is 2. The number of benzene rings is 2. The van der Waals surface area contributed by atoms with Crippen LogP contribution in [0, 0.1) is 27.9 Å². The van der Waals surface area contributed by atoms with E-state index >= 15 is 0 Å². The van der Waals surface area contributed by atoms with Crippen LogP contribution in [-0.2, 0) is 53.6 Å². The molecule has 4 rings (SSSR count). The first-order chi connectivity index (χ1) is 29.0. The van der Waals surface area contributed by atoms with Crippen molar-refractivity contribution >= 4 is 11.9 Å². The molecule has 0 bridgehead atoms. The average molecular weight is 906 g/mol. The molecule has 2 aliphatic heterocycles. The van der Waals surface area contributed by atoms with Gasteiger partial charge in [0.25, 0.3) is 0 Å². The number of likely N-dealkylation sites (tertiary alicyclic amines) is 1. The molecule has 366 valence electrons. The van der Waals surface area contributed by atoms with Crippen LogP contribution in [0.1, 0.15) is 192 Å². The third-order valence-electron chi connectivity index (χ3n) is 14.9. The van der Waals surface area contributed by atoms with Gasteiger partial charge in [0.05, 0.1) is 0 Å². The first kappa shape index (κ1) is 53.9. The molecule has 2 aromatic rings. The Morgan fingerprint density at radius 2 is 1.00 bits per heavy atom. The van der Waals surface area contributed by atoms with Crippen LogP contribution in [0.25, 0.3) is 0 Å². The van der Waals surface area contributed by atoms with E-state index in [1.165, 1.54) is 6.92 Å². The fourth-order valence-electron chi connectivity index (χ4n) is 10.9. The maximum atomic E-state index is 14.8. The van der Waals surface area contributed by atoms with Crippen molar-refractivity contribution in [3.8, 4) is 11.5 Å². The molecule has 2 aromatic carbocycles. The molecule has 11 nitrogen and oxygen atoms in total. The lowest BCUT2D eigenvalue weighted by Gasteiger charge is -2.56. The van der Waals surface area contributed by atoms with E-state index in [2.05, 4.69) is 173 Å². The highest BCUT2D eigenvalue weighted by molar-refractivity contribution is 5.83. The number of carbonyl (C=O) groups excluding carboxylic acids is 2. The molecule has 3 N–H and O–H groups in total. The zero-order chi connectivity index (χ0) is 50.2. The van der Waals surface area contributed by atoms with Crippen LogP contribution in [-0.4, -0.2) is 79.4 Å². The van der Waals surface area contributed by atoms with Gasteiger partial charge < -0.3 is 25.0 Å². The summed E-state index contributed by atoms with van der Waals surface area (Å²) in [7, 11) is 2.03. The van der Waals surface area contributed by atoms with Crippen molar-refractivity contribution in [3.63, 3.8) is 0 Å². The van der Waals surface area contributed by atoms with Gasteiger partial charge in [0.1, 0.15) is 29.6 Å². The fourth-order valence-corrected chi connectivity index (χ4v) is 10.9. The number of carbonyl (C=O) groups is 2. The normalized spacial score (nSPS) is 23.6. The number of nitrogens with one attached hydrogen (secondary N) is 1. The molecule has 0 aromatic heterocycles. The molecule has 65 heavy (non-hydrogen) atoms. The number of nitrogens with zero attached hydrogens (tertiary/aromatic N) is 2. The van der Waals surface area contributed by atoms with E-state index < -0.39 is 52.1 Å². The molecule has 4 unspecified atom stereocenters. The van der Waals surface area contributed by atoms with Gasteiger partial charge in [-0.2, -0.15) is 0 Å². The molecule has 0 aliphatic carbocycles. The summed E-state index contributed by atoms with van der Waals surface area (Å²) >= 11 is 0. The third-order valence-corrected chi connectivity index (χ3v) is 14.9. The number of aromatic hydroxyl groups is 2. The molecular formula is C54H87N3O8. The molecule has 4 atom stereocenters. The smallest absolute Gasteiger partial charge is 0.382 e. The van der Waals surface area contributed by atoms with E-state index in [1.54, 1.807) is 0 Å². The van der Waals surface area contributed by atoms with Crippen molar-refractivity contribution in [2.75, 3.05) is 7.05 Å². The molecule has 0 saturated carbocycles. The number of hydrogen-bond donors (Lipinski definition) is 3. The minimum Gasteiger partial charge on any atom is -0.507 e. The minimum atomic E-state index is -1.98. The van der Waals surface area contributed by atoms with Crippen LogP contribution in [0.3, 0.4) is 0 Å². The van der Waals surface area contributed by atoms with Crippen LogP contribution in [0.5, 0.6) is 11.5 Å². The van der Waals surface area contributed by atoms with Gasteiger partial charge >= 0.3 is 18.0 Å². The average Bonchev–Trinajstić information content (AvgIpc) is 3.08. The van der Waals surface area contributed by atoms with Crippen LogP contribution in [0.2, 0.25) is 0 Å². The Bertz CT molecular complexity index is 1920. The van der Waals surface area contributed by atoms with Gasteiger partial charge in [-0.3, -0.25) is 19.8 Å². The zero-order valence-electron chi connectivity index (χ0n) is 44.3. The molecule has 11 heteroatoms. The first-order valence-corrected chi connectivity index (χ1v) is 23.8. The summed E-state index contributed by atoms with van der Waals surface area (Å²) in [6.07, 6.45) is 0.497. The Kier molecular flexibility index (Phi) is 14.7. The molecule has 2 aliphatic rings. The zero-order valence-corrected chi connectivity index (χ0v) is 44.3. The lowest BCUT2D eigenvalue weighted by atomic mass is 9.62. The Balaban J connectivity index is 1.90. The molecular weight excluding hydrogens is 819 g/mol. The summed E-state index contributed by atoms with van der Waals surface area (Å²) in [5, 5.41) is 40.2. The SMILES string of the molecule is CC(C(=O)OC1C(Cc2cc(C(C)(C)C)c(O)c(C(C)(C)C)c2)C(C)(C)NC(C)(C)C1Cc1cc(C(C)(C)C)c(O)c(C(C)(C)C)c1)C(C(=O)OC1CC(C)(C)N(C)C(C)(C)C1)[N+](=O)[O-]. The number of phenolic OH excluding ortho intramolecular Hbond substituents is 2. The van der Waals surface area contributed by atoms with Crippen molar-refractivity contribution in [2.45, 2.75) is 233 Å². The highest BCUT2D eigenvalue weighted by Crippen LogP contribution is 2.48. The predicted molar refractivity (Wildman–Crippen MR) is 262 cm³/mol. The number of nitro groups is 1. The summed E-state index contributed by atoms with van der Waals surface area (Å²) in [6, 6.07) is 6.27. The van der Waals surface area contributed by atoms with Crippen molar-refractivity contribution in [1.29, 1.82) is 0 Å².